The van der Waals surface area contributed by atoms with Gasteiger partial charge in [-0.15, -0.1) is 0 Å². The van der Waals surface area contributed by atoms with Gasteiger partial charge < -0.3 is 20.1 Å². The maximum absolute atomic E-state index is 10.7. The summed E-state index contributed by atoms with van der Waals surface area (Å²) in [5, 5.41) is 26.5. The Morgan fingerprint density at radius 2 is 1.50 bits per heavy atom. The molecule has 2 atom stereocenters. The third-order valence-corrected chi connectivity index (χ3v) is 2.95. The van der Waals surface area contributed by atoms with Crippen molar-refractivity contribution in [1.82, 2.24) is 0 Å². The molecule has 6 nitrogen and oxygen atoms in total. The van der Waals surface area contributed by atoms with Gasteiger partial charge in [0.15, 0.2) is 5.60 Å². The summed E-state index contributed by atoms with van der Waals surface area (Å²) in [4.78, 5) is 21.0. The van der Waals surface area contributed by atoms with E-state index in [9.17, 15) is 14.7 Å². The molecule has 0 saturated heterocycles. The molecule has 2 unspecified atom stereocenters. The summed E-state index contributed by atoms with van der Waals surface area (Å²) >= 11 is 0. The van der Waals surface area contributed by atoms with Gasteiger partial charge >= 0.3 is 11.9 Å². The highest BCUT2D eigenvalue weighted by molar-refractivity contribution is 5.76. The molecule has 0 aliphatic heterocycles. The quantitative estimate of drug-likeness (QED) is 0.592. The van der Waals surface area contributed by atoms with Crippen molar-refractivity contribution in [3.8, 4) is 0 Å². The van der Waals surface area contributed by atoms with E-state index >= 15 is 0 Å². The van der Waals surface area contributed by atoms with E-state index in [1.165, 1.54) is 13.8 Å². The lowest BCUT2D eigenvalue weighted by Crippen LogP contribution is -2.34. The maximum atomic E-state index is 10.7. The van der Waals surface area contributed by atoms with E-state index in [2.05, 4.69) is 13.8 Å². The Bertz CT molecular complexity index is 319. The van der Waals surface area contributed by atoms with E-state index in [0.717, 1.165) is 12.8 Å². The Morgan fingerprint density at radius 3 is 1.82 bits per heavy atom. The van der Waals surface area contributed by atoms with Crippen molar-refractivity contribution in [1.29, 1.82) is 0 Å². The second-order valence-electron chi connectivity index (χ2n) is 6.54. The minimum atomic E-state index is -1.55. The number of carboxylic acids is 1. The van der Waals surface area contributed by atoms with Gasteiger partial charge in [0.05, 0.1) is 6.61 Å². The number of hydrogen-bond acceptors (Lipinski definition) is 5. The highest BCUT2D eigenvalue weighted by Crippen LogP contribution is 2.16. The Morgan fingerprint density at radius 1 is 1.05 bits per heavy atom. The van der Waals surface area contributed by atoms with E-state index in [-0.39, 0.29) is 0 Å². The van der Waals surface area contributed by atoms with Gasteiger partial charge in [-0.3, -0.25) is 0 Å². The summed E-state index contributed by atoms with van der Waals surface area (Å²) < 4.78 is 4.73. The zero-order valence-electron chi connectivity index (χ0n) is 14.6. The van der Waals surface area contributed by atoms with Crippen molar-refractivity contribution in [3.63, 3.8) is 0 Å². The van der Waals surface area contributed by atoms with Gasteiger partial charge in [0.2, 0.25) is 0 Å². The molecule has 3 N–H and O–H groups in total. The molecule has 0 amide bonds. The molecule has 0 aliphatic carbocycles. The van der Waals surface area contributed by atoms with E-state index in [1.54, 1.807) is 0 Å². The summed E-state index contributed by atoms with van der Waals surface area (Å²) in [6.45, 7) is 11.2. The van der Waals surface area contributed by atoms with Crippen LogP contribution in [0.2, 0.25) is 0 Å². The largest absolute Gasteiger partial charge is 0.479 e. The van der Waals surface area contributed by atoms with Crippen molar-refractivity contribution in [2.24, 2.45) is 11.8 Å². The first-order valence-corrected chi connectivity index (χ1v) is 7.70. The van der Waals surface area contributed by atoms with Gasteiger partial charge in [-0.1, -0.05) is 27.7 Å². The van der Waals surface area contributed by atoms with Crippen LogP contribution in [0, 0.1) is 11.8 Å². The molecule has 0 saturated carbocycles. The van der Waals surface area contributed by atoms with E-state index in [4.69, 9.17) is 14.9 Å². The van der Waals surface area contributed by atoms with Crippen LogP contribution < -0.4 is 0 Å². The van der Waals surface area contributed by atoms with E-state index < -0.39 is 23.6 Å². The van der Waals surface area contributed by atoms with E-state index in [0.29, 0.717) is 24.9 Å². The number of aliphatic carboxylic acids is 1. The van der Waals surface area contributed by atoms with Gasteiger partial charge in [-0.25, -0.2) is 9.59 Å². The molecule has 0 heterocycles. The molecule has 0 bridgehead atoms. The van der Waals surface area contributed by atoms with Gasteiger partial charge in [0, 0.05) is 0 Å². The topological polar surface area (TPSA) is 104 Å². The summed E-state index contributed by atoms with van der Waals surface area (Å²) in [5.74, 6) is -0.721. The minimum absolute atomic E-state index is 0.319. The van der Waals surface area contributed by atoms with Crippen LogP contribution in [0.4, 0.5) is 0 Å². The van der Waals surface area contributed by atoms with Crippen LogP contribution in [-0.4, -0.2) is 45.6 Å². The number of ether oxygens (including phenoxy) is 1. The van der Waals surface area contributed by atoms with Crippen LogP contribution in [0.5, 0.6) is 0 Å². The van der Waals surface area contributed by atoms with Crippen molar-refractivity contribution in [2.75, 3.05) is 6.61 Å². The fourth-order valence-corrected chi connectivity index (χ4v) is 1.19. The monoisotopic (exact) mass is 320 g/mol. The van der Waals surface area contributed by atoms with Crippen molar-refractivity contribution in [2.45, 2.75) is 72.5 Å². The number of hydrogen-bond donors (Lipinski definition) is 3. The number of aliphatic hydroxyl groups excluding tert-OH is 1. The SMILES string of the molecule is CC(C)CCC(C)(O)C(=O)O.CC(C)CCOC(=O)C(C)O. The maximum Gasteiger partial charge on any atom is 0.335 e. The molecule has 0 aromatic rings. The first kappa shape index (κ1) is 23.1. The number of rotatable bonds is 8. The molecular formula is C16H32O6. The van der Waals surface area contributed by atoms with Crippen LogP contribution in [0.3, 0.4) is 0 Å². The first-order valence-electron chi connectivity index (χ1n) is 7.70. The average molecular weight is 320 g/mol. The minimum Gasteiger partial charge on any atom is -0.479 e. The van der Waals surface area contributed by atoms with Crippen LogP contribution in [0.25, 0.3) is 0 Å². The molecule has 0 fully saturated rings. The number of carbonyl (C=O) groups is 2. The Hall–Kier alpha value is -1.14. The van der Waals surface area contributed by atoms with Gasteiger partial charge in [-0.05, 0) is 44.9 Å². The van der Waals surface area contributed by atoms with Crippen molar-refractivity contribution in [3.05, 3.63) is 0 Å². The van der Waals surface area contributed by atoms with Crippen molar-refractivity contribution >= 4 is 11.9 Å². The molecule has 0 aliphatic rings. The van der Waals surface area contributed by atoms with Gasteiger partial charge in [0.25, 0.3) is 0 Å². The lowest BCUT2D eigenvalue weighted by Gasteiger charge is -2.18. The second kappa shape index (κ2) is 11.4. The van der Waals surface area contributed by atoms with Crippen LogP contribution in [0.1, 0.15) is 60.8 Å². The predicted molar refractivity (Wildman–Crippen MR) is 84.4 cm³/mol. The lowest BCUT2D eigenvalue weighted by atomic mass is 9.96. The summed E-state index contributed by atoms with van der Waals surface area (Å²) in [6, 6.07) is 0. The number of esters is 1. The second-order valence-corrected chi connectivity index (χ2v) is 6.54. The number of carbonyl (C=O) groups excluding carboxylic acids is 1. The fourth-order valence-electron chi connectivity index (χ4n) is 1.19. The number of aliphatic hydroxyl groups is 2. The molecule has 0 radical (unpaired) electrons. The zero-order valence-corrected chi connectivity index (χ0v) is 14.6. The highest BCUT2D eigenvalue weighted by atomic mass is 16.5. The molecule has 0 rings (SSSR count). The summed E-state index contributed by atoms with van der Waals surface area (Å²) in [5.41, 5.74) is -1.55. The average Bonchev–Trinajstić information content (AvgIpc) is 2.36. The molecular weight excluding hydrogens is 288 g/mol. The van der Waals surface area contributed by atoms with Crippen LogP contribution in [0.15, 0.2) is 0 Å². The lowest BCUT2D eigenvalue weighted by molar-refractivity contribution is -0.157. The standard InChI is InChI=1S/2C8H16O3/c1-6(2)4-5-8(3,11)7(9)10;1-6(2)4-5-11-8(10)7(3)9/h6,11H,4-5H2,1-3H3,(H,9,10);6-7,9H,4-5H2,1-3H3. The molecule has 132 valence electrons. The smallest absolute Gasteiger partial charge is 0.335 e. The Balaban J connectivity index is 0. The molecule has 0 aromatic heterocycles. The van der Waals surface area contributed by atoms with Crippen molar-refractivity contribution < 1.29 is 29.6 Å². The Labute approximate surface area is 133 Å². The van der Waals surface area contributed by atoms with Gasteiger partial charge in [-0.2, -0.15) is 0 Å². The molecule has 6 heteroatoms. The molecule has 0 aromatic carbocycles. The number of carboxylic acid groups (broad SMARTS) is 1. The van der Waals surface area contributed by atoms with E-state index in [1.807, 2.05) is 13.8 Å². The third kappa shape index (κ3) is 13.8. The summed E-state index contributed by atoms with van der Waals surface area (Å²) in [6.07, 6.45) is 0.903. The third-order valence-electron chi connectivity index (χ3n) is 2.95. The highest BCUT2D eigenvalue weighted by Gasteiger charge is 2.29. The predicted octanol–water partition coefficient (Wildman–Crippen LogP) is 2.21. The van der Waals surface area contributed by atoms with Gasteiger partial charge in [0.1, 0.15) is 6.10 Å². The zero-order chi connectivity index (χ0) is 17.9. The van der Waals surface area contributed by atoms with Crippen LogP contribution >= 0.6 is 0 Å². The molecule has 22 heavy (non-hydrogen) atoms. The fraction of sp³-hybridized carbons (Fsp3) is 0.875. The summed E-state index contributed by atoms with van der Waals surface area (Å²) in [7, 11) is 0. The Kier molecular flexibility index (Phi) is 12.0. The van der Waals surface area contributed by atoms with Crippen LogP contribution in [-0.2, 0) is 14.3 Å². The normalized spacial score (nSPS) is 14.8. The first-order chi connectivity index (χ1) is 9.90. The molecule has 0 spiro atoms.